The van der Waals surface area contributed by atoms with Gasteiger partial charge in [-0.25, -0.2) is 0 Å². The minimum Gasteiger partial charge on any atom is -0.381 e. The van der Waals surface area contributed by atoms with Crippen LogP contribution in [-0.4, -0.2) is 24.1 Å². The third-order valence-corrected chi connectivity index (χ3v) is 4.63. The molecule has 1 aromatic heterocycles. The number of benzene rings is 1. The van der Waals surface area contributed by atoms with E-state index in [-0.39, 0.29) is 11.9 Å². The normalized spacial score (nSPS) is 16.5. The van der Waals surface area contributed by atoms with E-state index in [1.165, 1.54) is 0 Å². The second-order valence-electron chi connectivity index (χ2n) is 6.08. The molecule has 1 saturated heterocycles. The van der Waals surface area contributed by atoms with Crippen molar-refractivity contribution in [2.75, 3.05) is 13.2 Å². The lowest BCUT2D eigenvalue weighted by atomic mass is 9.87. The van der Waals surface area contributed by atoms with E-state index in [9.17, 15) is 4.79 Å². The number of aromatic nitrogens is 1. The van der Waals surface area contributed by atoms with Crippen LogP contribution < -0.4 is 5.32 Å². The van der Waals surface area contributed by atoms with Crippen molar-refractivity contribution in [3.63, 3.8) is 0 Å². The van der Waals surface area contributed by atoms with Crippen LogP contribution in [0.15, 0.2) is 48.8 Å². The number of carbonyl (C=O) groups excluding carboxylic acids is 1. The summed E-state index contributed by atoms with van der Waals surface area (Å²) in [6.07, 6.45) is 5.82. The van der Waals surface area contributed by atoms with Gasteiger partial charge in [-0.2, -0.15) is 0 Å². The molecule has 1 aliphatic rings. The number of hydrogen-bond donors (Lipinski definition) is 1. The predicted octanol–water partition coefficient (Wildman–Crippen LogP) is 3.56. The van der Waals surface area contributed by atoms with Crippen LogP contribution in [0.4, 0.5) is 0 Å². The van der Waals surface area contributed by atoms with Gasteiger partial charge in [0.15, 0.2) is 0 Å². The summed E-state index contributed by atoms with van der Waals surface area (Å²) in [7, 11) is 0. The molecule has 3 rings (SSSR count). The minimum absolute atomic E-state index is 0.0117. The fourth-order valence-electron chi connectivity index (χ4n) is 3.09. The first-order chi connectivity index (χ1) is 11.7. The van der Waals surface area contributed by atoms with E-state index in [1.807, 2.05) is 30.5 Å². The number of ether oxygens (including phenoxy) is 1. The predicted molar refractivity (Wildman–Crippen MR) is 93.8 cm³/mol. The quantitative estimate of drug-likeness (QED) is 0.902. The zero-order chi connectivity index (χ0) is 16.8. The zero-order valence-electron chi connectivity index (χ0n) is 13.5. The lowest BCUT2D eigenvalue weighted by Gasteiger charge is -2.31. The van der Waals surface area contributed by atoms with Crippen LogP contribution in [0, 0.1) is 5.92 Å². The Hall–Kier alpha value is -1.91. The molecule has 1 N–H and O–H groups in total. The highest BCUT2D eigenvalue weighted by molar-refractivity contribution is 6.30. The second-order valence-corrected chi connectivity index (χ2v) is 6.52. The average molecular weight is 345 g/mol. The highest BCUT2D eigenvalue weighted by atomic mass is 35.5. The Labute approximate surface area is 147 Å². The molecular formula is C19H21ClN2O2. The molecule has 1 aliphatic heterocycles. The van der Waals surface area contributed by atoms with Crippen LogP contribution >= 0.6 is 11.6 Å². The summed E-state index contributed by atoms with van der Waals surface area (Å²) in [4.78, 5) is 16.7. The number of amides is 1. The molecule has 5 heteroatoms. The number of rotatable bonds is 5. The summed E-state index contributed by atoms with van der Waals surface area (Å²) in [6.45, 7) is 1.49. The van der Waals surface area contributed by atoms with Crippen molar-refractivity contribution in [3.8, 4) is 0 Å². The zero-order valence-corrected chi connectivity index (χ0v) is 14.2. The SMILES string of the molecule is O=C(Cc1ccc(Cl)cc1)NC(c1cccnc1)C1CCOCC1. The Balaban J connectivity index is 1.71. The molecule has 1 fully saturated rings. The van der Waals surface area contributed by atoms with Crippen LogP contribution in [0.3, 0.4) is 0 Å². The molecule has 0 saturated carbocycles. The van der Waals surface area contributed by atoms with Crippen LogP contribution in [0.1, 0.15) is 30.0 Å². The third kappa shape index (κ3) is 4.56. The molecule has 126 valence electrons. The topological polar surface area (TPSA) is 51.2 Å². The van der Waals surface area contributed by atoms with Crippen LogP contribution in [0.5, 0.6) is 0 Å². The minimum atomic E-state index is -0.0256. The average Bonchev–Trinajstić information content (AvgIpc) is 2.63. The van der Waals surface area contributed by atoms with Crippen molar-refractivity contribution in [1.82, 2.24) is 10.3 Å². The molecule has 0 radical (unpaired) electrons. The maximum atomic E-state index is 12.5. The number of halogens is 1. The van der Waals surface area contributed by atoms with E-state index in [1.54, 1.807) is 18.3 Å². The number of nitrogens with one attached hydrogen (secondary N) is 1. The lowest BCUT2D eigenvalue weighted by Crippen LogP contribution is -2.36. The summed E-state index contributed by atoms with van der Waals surface area (Å²) in [5.41, 5.74) is 2.00. The van der Waals surface area contributed by atoms with Crippen molar-refractivity contribution in [1.29, 1.82) is 0 Å². The Morgan fingerprint density at radius 1 is 1.25 bits per heavy atom. The second kappa shape index (κ2) is 8.27. The molecule has 4 nitrogen and oxygen atoms in total. The largest absolute Gasteiger partial charge is 0.381 e. The molecular weight excluding hydrogens is 324 g/mol. The standard InChI is InChI=1S/C19H21ClN2O2/c20-17-5-3-14(4-6-17)12-18(23)22-19(15-7-10-24-11-8-15)16-2-1-9-21-13-16/h1-6,9,13,15,19H,7-8,10-12H2,(H,22,23). The van der Waals surface area contributed by atoms with Crippen molar-refractivity contribution in [2.24, 2.45) is 5.92 Å². The lowest BCUT2D eigenvalue weighted by molar-refractivity contribution is -0.121. The fraction of sp³-hybridized carbons (Fsp3) is 0.368. The molecule has 0 bridgehead atoms. The summed E-state index contributed by atoms with van der Waals surface area (Å²) < 4.78 is 5.46. The summed E-state index contributed by atoms with van der Waals surface area (Å²) in [6, 6.07) is 11.3. The molecule has 1 amide bonds. The van der Waals surface area contributed by atoms with E-state index in [0.29, 0.717) is 17.4 Å². The van der Waals surface area contributed by atoms with Gasteiger partial charge >= 0.3 is 0 Å². The summed E-state index contributed by atoms with van der Waals surface area (Å²) in [5.74, 6) is 0.384. The van der Waals surface area contributed by atoms with E-state index < -0.39 is 0 Å². The van der Waals surface area contributed by atoms with E-state index >= 15 is 0 Å². The Kier molecular flexibility index (Phi) is 5.83. The van der Waals surface area contributed by atoms with Crippen LogP contribution in [-0.2, 0) is 16.0 Å². The molecule has 0 aliphatic carbocycles. The van der Waals surface area contributed by atoms with Gasteiger partial charge in [0, 0.05) is 30.6 Å². The number of pyridine rings is 1. The number of carbonyl (C=O) groups is 1. The Morgan fingerprint density at radius 2 is 2.00 bits per heavy atom. The first kappa shape index (κ1) is 16.9. The van der Waals surface area contributed by atoms with Crippen molar-refractivity contribution in [2.45, 2.75) is 25.3 Å². The highest BCUT2D eigenvalue weighted by Gasteiger charge is 2.27. The Morgan fingerprint density at radius 3 is 2.67 bits per heavy atom. The van der Waals surface area contributed by atoms with Crippen LogP contribution in [0.2, 0.25) is 5.02 Å². The molecule has 0 spiro atoms. The van der Waals surface area contributed by atoms with Gasteiger partial charge in [0.05, 0.1) is 12.5 Å². The van der Waals surface area contributed by atoms with Gasteiger partial charge in [-0.15, -0.1) is 0 Å². The summed E-state index contributed by atoms with van der Waals surface area (Å²) >= 11 is 5.89. The first-order valence-corrected chi connectivity index (χ1v) is 8.61. The van der Waals surface area contributed by atoms with Gasteiger partial charge in [0.1, 0.15) is 0 Å². The molecule has 2 aromatic rings. The van der Waals surface area contributed by atoms with Gasteiger partial charge < -0.3 is 10.1 Å². The first-order valence-electron chi connectivity index (χ1n) is 8.24. The van der Waals surface area contributed by atoms with Gasteiger partial charge in [-0.05, 0) is 48.1 Å². The van der Waals surface area contributed by atoms with E-state index in [2.05, 4.69) is 10.3 Å². The van der Waals surface area contributed by atoms with E-state index in [4.69, 9.17) is 16.3 Å². The van der Waals surface area contributed by atoms with Gasteiger partial charge in [-0.1, -0.05) is 29.8 Å². The highest BCUT2D eigenvalue weighted by Crippen LogP contribution is 2.29. The molecule has 1 atom stereocenters. The maximum absolute atomic E-state index is 12.5. The van der Waals surface area contributed by atoms with Crippen molar-refractivity contribution in [3.05, 3.63) is 64.9 Å². The van der Waals surface area contributed by atoms with E-state index in [0.717, 1.165) is 37.2 Å². The fourth-order valence-corrected chi connectivity index (χ4v) is 3.22. The molecule has 1 aromatic carbocycles. The van der Waals surface area contributed by atoms with Gasteiger partial charge in [-0.3, -0.25) is 9.78 Å². The molecule has 1 unspecified atom stereocenters. The summed E-state index contributed by atoms with van der Waals surface area (Å²) in [5, 5.41) is 3.87. The monoisotopic (exact) mass is 344 g/mol. The van der Waals surface area contributed by atoms with Gasteiger partial charge in [0.25, 0.3) is 0 Å². The van der Waals surface area contributed by atoms with Gasteiger partial charge in [0.2, 0.25) is 5.91 Å². The third-order valence-electron chi connectivity index (χ3n) is 4.38. The van der Waals surface area contributed by atoms with Crippen molar-refractivity contribution < 1.29 is 9.53 Å². The van der Waals surface area contributed by atoms with Crippen LogP contribution in [0.25, 0.3) is 0 Å². The Bertz CT molecular complexity index is 655. The number of hydrogen-bond acceptors (Lipinski definition) is 3. The number of nitrogens with zero attached hydrogens (tertiary/aromatic N) is 1. The molecule has 24 heavy (non-hydrogen) atoms. The molecule has 2 heterocycles. The smallest absolute Gasteiger partial charge is 0.224 e. The maximum Gasteiger partial charge on any atom is 0.224 e. The van der Waals surface area contributed by atoms with Crippen molar-refractivity contribution >= 4 is 17.5 Å².